The summed E-state index contributed by atoms with van der Waals surface area (Å²) in [6, 6.07) is 12.1. The number of rotatable bonds is 16. The van der Waals surface area contributed by atoms with E-state index in [-0.39, 0.29) is 33.7 Å². The molecule has 0 unspecified atom stereocenters. The monoisotopic (exact) mass is 1010 g/mol. The Kier molecular flexibility index (Phi) is 18.0. The fourth-order valence-corrected chi connectivity index (χ4v) is 11.9. The Labute approximate surface area is 413 Å². The molecule has 3 aromatic rings. The second-order valence-corrected chi connectivity index (χ2v) is 24.3. The number of ether oxygens (including phenoxy) is 2. The molecule has 0 saturated carbocycles. The Morgan fingerprint density at radius 2 is 1.19 bits per heavy atom. The number of nitrogens with zero attached hydrogens (tertiary/aromatic N) is 3. The molecule has 3 aliphatic rings. The van der Waals surface area contributed by atoms with Gasteiger partial charge in [0.15, 0.2) is 0 Å². The Hall–Kier alpha value is -4.90. The van der Waals surface area contributed by atoms with E-state index in [1.165, 1.54) is 24.3 Å². The predicted molar refractivity (Wildman–Crippen MR) is 269 cm³/mol. The van der Waals surface area contributed by atoms with E-state index in [1.54, 1.807) is 69.5 Å². The van der Waals surface area contributed by atoms with Gasteiger partial charge in [-0.25, -0.2) is 35.9 Å². The van der Waals surface area contributed by atoms with Crippen LogP contribution in [-0.4, -0.2) is 144 Å². The number of fused-ring (bicyclic) bond motifs is 1. The lowest BCUT2D eigenvalue weighted by molar-refractivity contribution is -0.119. The third-order valence-corrected chi connectivity index (χ3v) is 15.7. The van der Waals surface area contributed by atoms with Gasteiger partial charge in [0.05, 0.1) is 36.2 Å². The molecule has 0 spiro atoms. The molecule has 6 N–H and O–H groups in total. The SMILES string of the molecule is CC(C)C[C@H](NC(=O)N1CCOCC1)C(=O)Nc1cc(CN2CCC(C[C@H](NC(=O)N3CCOCC3)C(=O)Nc3ccc(S(=O)(=O)NC(C)(C)C)cc3)CC2)cc2c(S(=O)(=O)NC(C)(C)C)cccc12. The number of sulfonamides is 2. The number of hydrogen-bond acceptors (Lipinski definition) is 11. The summed E-state index contributed by atoms with van der Waals surface area (Å²) in [6.07, 6.45) is 2.11. The zero-order valence-electron chi connectivity index (χ0n) is 41.9. The molecule has 6 rings (SSSR count). The summed E-state index contributed by atoms with van der Waals surface area (Å²) in [6.45, 7) is 19.4. The average molecular weight is 1010 g/mol. The van der Waals surface area contributed by atoms with Gasteiger partial charge in [-0.15, -0.1) is 0 Å². The summed E-state index contributed by atoms with van der Waals surface area (Å²) in [4.78, 5) is 60.6. The fraction of sp³-hybridized carbons (Fsp3) is 0.592. The molecule has 3 saturated heterocycles. The van der Waals surface area contributed by atoms with Crippen molar-refractivity contribution in [2.75, 3.05) is 76.3 Å². The normalized spacial score (nSPS) is 17.8. The van der Waals surface area contributed by atoms with E-state index in [2.05, 4.69) is 35.6 Å². The van der Waals surface area contributed by atoms with E-state index in [0.29, 0.717) is 120 Å². The van der Waals surface area contributed by atoms with Crippen molar-refractivity contribution in [2.45, 2.75) is 121 Å². The molecule has 2 atom stereocenters. The first kappa shape index (κ1) is 54.4. The molecule has 0 bridgehead atoms. The largest absolute Gasteiger partial charge is 0.378 e. The summed E-state index contributed by atoms with van der Waals surface area (Å²) in [5.74, 6) is -0.737. The molecule has 0 aliphatic carbocycles. The van der Waals surface area contributed by atoms with Gasteiger partial charge >= 0.3 is 12.1 Å². The first-order valence-electron chi connectivity index (χ1n) is 24.2. The summed E-state index contributed by atoms with van der Waals surface area (Å²) in [5.41, 5.74) is 0.103. The lowest BCUT2D eigenvalue weighted by Gasteiger charge is -2.34. The average Bonchev–Trinajstić information content (AvgIpc) is 3.28. The van der Waals surface area contributed by atoms with Gasteiger partial charge in [0.25, 0.3) is 0 Å². The zero-order chi connectivity index (χ0) is 51.0. The highest BCUT2D eigenvalue weighted by Crippen LogP contribution is 2.33. The van der Waals surface area contributed by atoms with Crippen LogP contribution in [0.3, 0.4) is 0 Å². The third kappa shape index (κ3) is 15.5. The van der Waals surface area contributed by atoms with Crippen LogP contribution >= 0.6 is 0 Å². The van der Waals surface area contributed by atoms with Gasteiger partial charge in [0.2, 0.25) is 31.9 Å². The van der Waals surface area contributed by atoms with E-state index < -0.39 is 55.0 Å². The number of nitrogens with one attached hydrogen (secondary N) is 6. The standard InChI is InChI=1S/C49H73N9O10S2/c1-33(2)28-41(52-46(61)57-20-24-67-25-21-57)45(60)51-40-31-35(29-39-38(40)10-9-11-43(39)70(65,66)55-49(6,7)8)32-56-18-16-34(17-19-56)30-42(53-47(62)58-22-26-68-27-23-58)44(59)50-36-12-14-37(15-13-36)69(63,64)54-48(3,4)5/h9-15,29,31,33-34,41-42,54-55H,16-28,30,32H2,1-8H3,(H,50,59)(H,51,60)(H,52,61)(H,53,62)/t41-,42-/m0/s1. The molecule has 70 heavy (non-hydrogen) atoms. The van der Waals surface area contributed by atoms with Crippen LogP contribution in [0.1, 0.15) is 86.6 Å². The molecule has 19 nitrogen and oxygen atoms in total. The van der Waals surface area contributed by atoms with Crippen molar-refractivity contribution >= 4 is 66.1 Å². The summed E-state index contributed by atoms with van der Waals surface area (Å²) < 4.78 is 70.0. The van der Waals surface area contributed by atoms with Gasteiger partial charge in [-0.3, -0.25) is 14.5 Å². The van der Waals surface area contributed by atoms with Crippen LogP contribution in [0.25, 0.3) is 10.8 Å². The van der Waals surface area contributed by atoms with Crippen molar-refractivity contribution in [1.82, 2.24) is 34.8 Å². The van der Waals surface area contributed by atoms with Crippen molar-refractivity contribution in [3.05, 3.63) is 60.2 Å². The van der Waals surface area contributed by atoms with Gasteiger partial charge in [-0.1, -0.05) is 26.0 Å². The van der Waals surface area contributed by atoms with Crippen LogP contribution in [0.5, 0.6) is 0 Å². The molecule has 3 fully saturated rings. The number of hydrogen-bond donors (Lipinski definition) is 6. The smallest absolute Gasteiger partial charge is 0.318 e. The number of urea groups is 2. The highest BCUT2D eigenvalue weighted by molar-refractivity contribution is 7.90. The molecule has 6 amide bonds. The highest BCUT2D eigenvalue weighted by atomic mass is 32.2. The number of likely N-dealkylation sites (tertiary alicyclic amines) is 1. The Morgan fingerprint density at radius 1 is 0.657 bits per heavy atom. The number of amides is 6. The Bertz CT molecular complexity index is 2540. The van der Waals surface area contributed by atoms with Gasteiger partial charge in [-0.05, 0) is 140 Å². The Balaban J connectivity index is 1.20. The Morgan fingerprint density at radius 3 is 1.73 bits per heavy atom. The van der Waals surface area contributed by atoms with Crippen molar-refractivity contribution in [3.8, 4) is 0 Å². The quantitative estimate of drug-likeness (QED) is 0.111. The molecular weight excluding hydrogens is 939 g/mol. The van der Waals surface area contributed by atoms with Crippen LogP contribution < -0.4 is 30.7 Å². The number of morpholine rings is 2. The minimum Gasteiger partial charge on any atom is -0.378 e. The highest BCUT2D eigenvalue weighted by Gasteiger charge is 2.32. The maximum absolute atomic E-state index is 14.2. The van der Waals surface area contributed by atoms with Gasteiger partial charge in [-0.2, -0.15) is 0 Å². The van der Waals surface area contributed by atoms with E-state index in [0.717, 1.165) is 5.56 Å². The number of piperidine rings is 1. The van der Waals surface area contributed by atoms with Crippen molar-refractivity contribution in [3.63, 3.8) is 0 Å². The molecule has 3 aliphatic heterocycles. The second-order valence-electron chi connectivity index (χ2n) is 21.0. The topological polar surface area (TPSA) is 237 Å². The molecule has 3 heterocycles. The maximum atomic E-state index is 14.2. The van der Waals surface area contributed by atoms with Crippen LogP contribution in [0, 0.1) is 11.8 Å². The van der Waals surface area contributed by atoms with Gasteiger partial charge < -0.3 is 40.5 Å². The molecule has 3 aromatic carbocycles. The van der Waals surface area contributed by atoms with Crippen LogP contribution in [0.15, 0.2) is 64.4 Å². The predicted octanol–water partition coefficient (Wildman–Crippen LogP) is 5.04. The summed E-state index contributed by atoms with van der Waals surface area (Å²) in [5, 5.41) is 12.8. The van der Waals surface area contributed by atoms with E-state index in [4.69, 9.17) is 9.47 Å². The molecule has 0 radical (unpaired) electrons. The lowest BCUT2D eigenvalue weighted by atomic mass is 9.89. The number of carbonyl (C=O) groups excluding carboxylic acids is 4. The fourth-order valence-electron chi connectivity index (χ4n) is 8.85. The molecule has 0 aromatic heterocycles. The molecule has 386 valence electrons. The van der Waals surface area contributed by atoms with Crippen LogP contribution in [-0.2, 0) is 45.7 Å². The summed E-state index contributed by atoms with van der Waals surface area (Å²) in [7, 11) is -7.82. The summed E-state index contributed by atoms with van der Waals surface area (Å²) >= 11 is 0. The third-order valence-electron chi connectivity index (χ3n) is 12.1. The second kappa shape index (κ2) is 23.1. The number of benzene rings is 3. The maximum Gasteiger partial charge on any atom is 0.318 e. The van der Waals surface area contributed by atoms with Crippen molar-refractivity contribution < 1.29 is 45.5 Å². The van der Waals surface area contributed by atoms with Gasteiger partial charge in [0, 0.05) is 65.9 Å². The molecule has 21 heteroatoms. The first-order chi connectivity index (χ1) is 32.9. The molecular formula is C49H73N9O10S2. The lowest BCUT2D eigenvalue weighted by Crippen LogP contribution is -2.53. The minimum absolute atomic E-state index is 0.0465. The number of anilines is 2. The van der Waals surface area contributed by atoms with E-state index in [1.807, 2.05) is 26.0 Å². The van der Waals surface area contributed by atoms with Crippen LogP contribution in [0.4, 0.5) is 21.0 Å². The van der Waals surface area contributed by atoms with Gasteiger partial charge in [0.1, 0.15) is 12.1 Å². The minimum atomic E-state index is -4.02. The van der Waals surface area contributed by atoms with Crippen molar-refractivity contribution in [1.29, 1.82) is 0 Å². The van der Waals surface area contributed by atoms with Crippen molar-refractivity contribution in [2.24, 2.45) is 11.8 Å². The zero-order valence-corrected chi connectivity index (χ0v) is 43.5. The number of carbonyl (C=O) groups is 4. The van der Waals surface area contributed by atoms with E-state index >= 15 is 0 Å². The van der Waals surface area contributed by atoms with E-state index in [9.17, 15) is 36.0 Å². The first-order valence-corrected chi connectivity index (χ1v) is 27.2. The van der Waals surface area contributed by atoms with Crippen LogP contribution in [0.2, 0.25) is 0 Å².